The number of rotatable bonds is 8. The normalized spacial score (nSPS) is 15.7. The molecule has 7 rings (SSSR count). The lowest BCUT2D eigenvalue weighted by Crippen LogP contribution is -2.47. The lowest BCUT2D eigenvalue weighted by Gasteiger charge is -2.34. The minimum atomic E-state index is -0.436. The molecule has 47 heavy (non-hydrogen) atoms. The van der Waals surface area contributed by atoms with Crippen molar-refractivity contribution in [3.8, 4) is 17.1 Å². The van der Waals surface area contributed by atoms with Gasteiger partial charge in [-0.05, 0) is 102 Å². The third kappa shape index (κ3) is 6.13. The van der Waals surface area contributed by atoms with E-state index in [-0.39, 0.29) is 49.1 Å². The number of para-hydroxylation sites is 1. The molecule has 3 heterocycles. The average molecular weight is 716 g/mol. The molecule has 2 aliphatic rings. The van der Waals surface area contributed by atoms with E-state index < -0.39 is 5.91 Å². The predicted octanol–water partition coefficient (Wildman–Crippen LogP) is 6.06. The van der Waals surface area contributed by atoms with E-state index in [4.69, 9.17) is 16.3 Å². The van der Waals surface area contributed by atoms with Gasteiger partial charge in [-0.15, -0.1) is 0 Å². The number of hydrogen-bond acceptors (Lipinski definition) is 5. The standard InChI is InChI=1S/C35H32BrClN6O4/c1-21-16-39-42(18-21)30-6-4-3-5-24(30)17-38-33(44)32-31-20-40(34(45)23-7-14-28(36)29(37)15-23)22(2)19-41(31)35(46)43(32)25-8-10-26(11-9-25)47-27-12-13-27/h3-11,14-16,18,22,27H,12-13,17,19-20H2,1-2H3,(H,38,44)/t22-/m0/s1. The second-order valence-electron chi connectivity index (χ2n) is 12.0. The van der Waals surface area contributed by atoms with Crippen LogP contribution < -0.4 is 15.7 Å². The van der Waals surface area contributed by atoms with Gasteiger partial charge in [0.25, 0.3) is 11.8 Å². The van der Waals surface area contributed by atoms with Gasteiger partial charge in [0.05, 0.1) is 40.9 Å². The first kappa shape index (κ1) is 31.0. The van der Waals surface area contributed by atoms with Crippen LogP contribution in [0.15, 0.2) is 88.4 Å². The molecule has 0 radical (unpaired) electrons. The molecule has 10 nitrogen and oxygen atoms in total. The third-order valence-electron chi connectivity index (χ3n) is 8.50. The summed E-state index contributed by atoms with van der Waals surface area (Å²) in [7, 11) is 0. The number of nitrogens with zero attached hydrogens (tertiary/aromatic N) is 5. The van der Waals surface area contributed by atoms with E-state index in [9.17, 15) is 14.4 Å². The maximum atomic E-state index is 14.2. The number of aromatic nitrogens is 4. The van der Waals surface area contributed by atoms with Crippen molar-refractivity contribution in [2.45, 2.75) is 58.5 Å². The molecule has 3 aromatic carbocycles. The zero-order valence-corrected chi connectivity index (χ0v) is 28.2. The molecule has 240 valence electrons. The lowest BCUT2D eigenvalue weighted by molar-refractivity contribution is 0.0610. The number of halogens is 2. The van der Waals surface area contributed by atoms with E-state index in [0.717, 1.165) is 29.7 Å². The van der Waals surface area contributed by atoms with Crippen LogP contribution in [0, 0.1) is 6.92 Å². The van der Waals surface area contributed by atoms with Crippen molar-refractivity contribution in [1.82, 2.24) is 29.1 Å². The van der Waals surface area contributed by atoms with Crippen LogP contribution in [0.3, 0.4) is 0 Å². The highest BCUT2D eigenvalue weighted by Crippen LogP contribution is 2.30. The summed E-state index contributed by atoms with van der Waals surface area (Å²) < 4.78 is 11.4. The summed E-state index contributed by atoms with van der Waals surface area (Å²) in [4.78, 5) is 43.8. The molecule has 1 aliphatic heterocycles. The van der Waals surface area contributed by atoms with E-state index >= 15 is 0 Å². The Labute approximate surface area is 284 Å². The summed E-state index contributed by atoms with van der Waals surface area (Å²) in [5.74, 6) is 0.0345. The molecule has 2 amide bonds. The summed E-state index contributed by atoms with van der Waals surface area (Å²) in [5, 5.41) is 7.91. The Kier molecular flexibility index (Phi) is 8.27. The van der Waals surface area contributed by atoms with Crippen molar-refractivity contribution >= 4 is 39.3 Å². The molecular formula is C35H32BrClN6O4. The SMILES string of the molecule is Cc1cnn(-c2ccccc2CNC(=O)c2c3n(c(=O)n2-c2ccc(OC4CC4)cc2)C[C@H](C)N(C(=O)c2ccc(Br)c(Cl)c2)C3)c1. The number of imidazole rings is 1. The molecule has 1 atom stereocenters. The molecule has 1 fully saturated rings. The molecule has 1 saturated carbocycles. The average Bonchev–Trinajstić information content (AvgIpc) is 3.71. The first-order chi connectivity index (χ1) is 22.7. The summed E-state index contributed by atoms with van der Waals surface area (Å²) in [6.07, 6.45) is 5.98. The summed E-state index contributed by atoms with van der Waals surface area (Å²) in [6.45, 7) is 4.33. The second kappa shape index (κ2) is 12.5. The Morgan fingerprint density at radius 1 is 1.09 bits per heavy atom. The van der Waals surface area contributed by atoms with Crippen molar-refractivity contribution in [1.29, 1.82) is 0 Å². The van der Waals surface area contributed by atoms with Crippen molar-refractivity contribution in [2.75, 3.05) is 0 Å². The fraction of sp³-hybridized carbons (Fsp3) is 0.257. The highest BCUT2D eigenvalue weighted by Gasteiger charge is 2.35. The van der Waals surface area contributed by atoms with Crippen molar-refractivity contribution in [2.24, 2.45) is 0 Å². The molecule has 0 saturated heterocycles. The molecule has 0 spiro atoms. The van der Waals surface area contributed by atoms with Crippen LogP contribution in [0.4, 0.5) is 0 Å². The van der Waals surface area contributed by atoms with Gasteiger partial charge >= 0.3 is 5.69 Å². The van der Waals surface area contributed by atoms with Gasteiger partial charge in [-0.1, -0.05) is 29.8 Å². The quantitative estimate of drug-likeness (QED) is 0.210. The Bertz CT molecular complexity index is 2060. The monoisotopic (exact) mass is 714 g/mol. The number of nitrogens with one attached hydrogen (secondary N) is 1. The molecule has 2 aromatic heterocycles. The molecule has 5 aromatic rings. The molecular weight excluding hydrogens is 684 g/mol. The first-order valence-electron chi connectivity index (χ1n) is 15.4. The van der Waals surface area contributed by atoms with Gasteiger partial charge in [0.1, 0.15) is 11.4 Å². The number of fused-ring (bicyclic) bond motifs is 1. The first-order valence-corrected chi connectivity index (χ1v) is 16.6. The van der Waals surface area contributed by atoms with E-state index in [0.29, 0.717) is 32.2 Å². The Morgan fingerprint density at radius 3 is 2.55 bits per heavy atom. The topological polar surface area (TPSA) is 103 Å². The highest BCUT2D eigenvalue weighted by atomic mass is 79.9. The predicted molar refractivity (Wildman–Crippen MR) is 182 cm³/mol. The number of amides is 2. The van der Waals surface area contributed by atoms with E-state index in [1.807, 2.05) is 56.4 Å². The number of carbonyl (C=O) groups excluding carboxylic acids is 2. The Balaban J connectivity index is 1.26. The number of hydrogen-bond donors (Lipinski definition) is 1. The molecule has 0 unspecified atom stereocenters. The Hall–Kier alpha value is -4.61. The van der Waals surface area contributed by atoms with Crippen LogP contribution >= 0.6 is 27.5 Å². The minimum Gasteiger partial charge on any atom is -0.490 e. The number of benzene rings is 3. The third-order valence-corrected chi connectivity index (χ3v) is 9.73. The molecule has 0 bridgehead atoms. The number of aryl methyl sites for hydroxylation is 1. The van der Waals surface area contributed by atoms with Gasteiger partial charge in [0, 0.05) is 35.4 Å². The highest BCUT2D eigenvalue weighted by molar-refractivity contribution is 9.10. The van der Waals surface area contributed by atoms with Gasteiger partial charge in [-0.3, -0.25) is 18.7 Å². The fourth-order valence-corrected chi connectivity index (χ4v) is 6.32. The summed E-state index contributed by atoms with van der Waals surface area (Å²) in [6, 6.07) is 19.6. The van der Waals surface area contributed by atoms with Crippen LogP contribution in [-0.4, -0.2) is 47.8 Å². The van der Waals surface area contributed by atoms with Gasteiger partial charge in [0.15, 0.2) is 0 Å². The van der Waals surface area contributed by atoms with Crippen LogP contribution in [0.1, 0.15) is 57.4 Å². The fourth-order valence-electron chi connectivity index (χ4n) is 5.90. The largest absolute Gasteiger partial charge is 0.490 e. The van der Waals surface area contributed by atoms with Crippen LogP contribution in [0.2, 0.25) is 5.02 Å². The minimum absolute atomic E-state index is 0.0602. The van der Waals surface area contributed by atoms with Gasteiger partial charge in [0.2, 0.25) is 0 Å². The smallest absolute Gasteiger partial charge is 0.333 e. The van der Waals surface area contributed by atoms with Crippen molar-refractivity contribution in [3.63, 3.8) is 0 Å². The second-order valence-corrected chi connectivity index (χ2v) is 13.3. The van der Waals surface area contributed by atoms with Crippen LogP contribution in [0.5, 0.6) is 5.75 Å². The summed E-state index contributed by atoms with van der Waals surface area (Å²) >= 11 is 9.70. The zero-order chi connectivity index (χ0) is 32.8. The maximum absolute atomic E-state index is 14.2. The number of carbonyl (C=O) groups is 2. The van der Waals surface area contributed by atoms with Crippen LogP contribution in [0.25, 0.3) is 11.4 Å². The van der Waals surface area contributed by atoms with Gasteiger partial charge < -0.3 is 15.0 Å². The molecule has 1 aliphatic carbocycles. The Morgan fingerprint density at radius 2 is 1.85 bits per heavy atom. The lowest BCUT2D eigenvalue weighted by atomic mass is 10.1. The van der Waals surface area contributed by atoms with E-state index in [1.165, 1.54) is 4.57 Å². The maximum Gasteiger partial charge on any atom is 0.333 e. The van der Waals surface area contributed by atoms with Crippen molar-refractivity contribution < 1.29 is 14.3 Å². The number of ether oxygens (including phenoxy) is 1. The zero-order valence-electron chi connectivity index (χ0n) is 25.8. The van der Waals surface area contributed by atoms with Gasteiger partial charge in [-0.2, -0.15) is 5.10 Å². The van der Waals surface area contributed by atoms with E-state index in [2.05, 4.69) is 26.3 Å². The van der Waals surface area contributed by atoms with Crippen LogP contribution in [-0.2, 0) is 19.6 Å². The summed E-state index contributed by atoms with van der Waals surface area (Å²) in [5.41, 5.74) is 3.94. The van der Waals surface area contributed by atoms with Crippen molar-refractivity contribution in [3.05, 3.63) is 127 Å². The van der Waals surface area contributed by atoms with Gasteiger partial charge in [-0.25, -0.2) is 9.48 Å². The van der Waals surface area contributed by atoms with E-state index in [1.54, 1.807) is 50.7 Å². The molecule has 12 heteroatoms. The molecule has 1 N–H and O–H groups in total.